The van der Waals surface area contributed by atoms with E-state index in [-0.39, 0.29) is 15.7 Å². The molecule has 3 bridgehead atoms. The fourth-order valence-corrected chi connectivity index (χ4v) is 6.39. The van der Waals surface area contributed by atoms with Crippen molar-refractivity contribution in [2.75, 3.05) is 25.6 Å². The third-order valence-corrected chi connectivity index (χ3v) is 8.08. The number of amides is 1. The number of aromatic amines is 1. The number of methoxy groups -OCH3 is 1. The van der Waals surface area contributed by atoms with Crippen LogP contribution in [0.3, 0.4) is 0 Å². The molecule has 1 atom stereocenters. The number of nitrogens with one attached hydrogen (secondary N) is 4. The molecule has 2 aromatic heterocycles. The molecule has 5 rings (SSSR count). The molecule has 0 saturated carbocycles. The Labute approximate surface area is 201 Å². The zero-order valence-corrected chi connectivity index (χ0v) is 20.2. The predicted molar refractivity (Wildman–Crippen MR) is 118 cm³/mol. The summed E-state index contributed by atoms with van der Waals surface area (Å²) in [6.45, 7) is 1.47. The van der Waals surface area contributed by atoms with Gasteiger partial charge in [0.25, 0.3) is 0 Å². The quantitative estimate of drug-likeness (QED) is 0.159. The molecule has 3 aromatic rings. The monoisotopic (exact) mass is 564 g/mol. The summed E-state index contributed by atoms with van der Waals surface area (Å²) in [5.74, 6) is 0.0639. The first-order chi connectivity index (χ1) is 16.2. The number of para-hydroxylation sites is 1. The van der Waals surface area contributed by atoms with Crippen molar-refractivity contribution in [3.63, 3.8) is 0 Å². The van der Waals surface area contributed by atoms with Crippen LogP contribution in [0, 0.1) is 5.82 Å². The van der Waals surface area contributed by atoms with Crippen LogP contribution >= 0.6 is 0 Å². The van der Waals surface area contributed by atoms with E-state index in [2.05, 4.69) is 24.1 Å². The second-order valence-electron chi connectivity index (χ2n) is 7.74. The second-order valence-corrected chi connectivity index (χ2v) is 10.6. The fraction of sp³-hybridized carbons (Fsp3) is 0.304. The molecule has 0 radical (unpaired) electrons. The van der Waals surface area contributed by atoms with E-state index >= 15 is 0 Å². The molecule has 0 saturated heterocycles. The second kappa shape index (κ2) is 9.56. The van der Waals surface area contributed by atoms with Crippen molar-refractivity contribution in [1.29, 1.82) is 0 Å². The van der Waals surface area contributed by atoms with Gasteiger partial charge in [-0.2, -0.15) is 0 Å². The third kappa shape index (κ3) is 4.36. The van der Waals surface area contributed by atoms with E-state index < -0.39 is 27.3 Å². The summed E-state index contributed by atoms with van der Waals surface area (Å²) in [5, 5.41) is 6.42. The SMILES string of the molecule is COc1c(F)cccc1Nc1c2[nH]c3c1C(=O)N[C@@H](C3)[I-]NCCCCOc1cnccc1-2. The van der Waals surface area contributed by atoms with E-state index in [1.54, 1.807) is 24.5 Å². The number of nitrogens with zero attached hydrogens (tertiary/aromatic N) is 1. The molecule has 0 fully saturated rings. The van der Waals surface area contributed by atoms with Gasteiger partial charge in [-0.05, 0) is 0 Å². The number of carbonyl (C=O) groups excluding carboxylic acids is 1. The Bertz CT molecular complexity index is 1180. The van der Waals surface area contributed by atoms with Gasteiger partial charge in [0.2, 0.25) is 0 Å². The van der Waals surface area contributed by atoms with Crippen LogP contribution < -0.4 is 45.1 Å². The van der Waals surface area contributed by atoms with Crippen molar-refractivity contribution in [1.82, 2.24) is 18.8 Å². The molecule has 0 spiro atoms. The Morgan fingerprint density at radius 2 is 2.21 bits per heavy atom. The number of alkyl halides is 1. The van der Waals surface area contributed by atoms with E-state index in [4.69, 9.17) is 9.47 Å². The normalized spacial score (nSPS) is 18.2. The molecule has 2 aliphatic heterocycles. The number of aromatic nitrogens is 2. The Morgan fingerprint density at radius 1 is 1.30 bits per heavy atom. The van der Waals surface area contributed by atoms with Crippen molar-refractivity contribution in [3.8, 4) is 22.8 Å². The van der Waals surface area contributed by atoms with Crippen molar-refractivity contribution in [3.05, 3.63) is 53.7 Å². The minimum atomic E-state index is -0.486. The maximum absolute atomic E-state index is 14.4. The Balaban J connectivity index is 1.67. The molecule has 174 valence electrons. The number of rotatable bonds is 3. The van der Waals surface area contributed by atoms with Gasteiger partial charge in [0, 0.05) is 0 Å². The van der Waals surface area contributed by atoms with Gasteiger partial charge in [0.1, 0.15) is 0 Å². The predicted octanol–water partition coefficient (Wildman–Crippen LogP) is 0.346. The van der Waals surface area contributed by atoms with Gasteiger partial charge in [0.15, 0.2) is 0 Å². The minimum absolute atomic E-state index is 0.0830. The number of anilines is 2. The summed E-state index contributed by atoms with van der Waals surface area (Å²) in [6, 6.07) is 6.51. The number of benzene rings is 1. The first-order valence-electron chi connectivity index (χ1n) is 10.7. The van der Waals surface area contributed by atoms with E-state index in [0.29, 0.717) is 41.4 Å². The Morgan fingerprint density at radius 3 is 3.09 bits per heavy atom. The standard InChI is InChI=1S/C23H24FIN5O3/c1-32-22-14(24)5-4-6-15(22)28-21-19-16-11-18(30-23(19)31)25-27-8-2-3-10-33-17-12-26-9-7-13(17)20(21)29-16/h4-7,9,12,18,27-29H,2-3,8,10-11H2,1H3,(H,30,31)/q-1/t18-/m0/s1. The molecule has 1 aromatic carbocycles. The average molecular weight is 564 g/mol. The Kier molecular flexibility index (Phi) is 6.36. The molecule has 2 aliphatic rings. The molecular weight excluding hydrogens is 540 g/mol. The van der Waals surface area contributed by atoms with Crippen molar-refractivity contribution in [2.45, 2.75) is 23.3 Å². The molecule has 8 nitrogen and oxygen atoms in total. The number of hydrogen-bond acceptors (Lipinski definition) is 6. The number of pyridine rings is 1. The van der Waals surface area contributed by atoms with Crippen LogP contribution in [0.2, 0.25) is 0 Å². The number of hydrogen-bond donors (Lipinski definition) is 4. The molecule has 4 heterocycles. The van der Waals surface area contributed by atoms with Crippen LogP contribution in [0.1, 0.15) is 28.9 Å². The molecule has 33 heavy (non-hydrogen) atoms. The first-order valence-corrected chi connectivity index (χ1v) is 13.1. The van der Waals surface area contributed by atoms with E-state index in [9.17, 15) is 9.18 Å². The van der Waals surface area contributed by atoms with Crippen LogP contribution in [0.5, 0.6) is 11.5 Å². The van der Waals surface area contributed by atoms with Crippen molar-refractivity contribution < 1.29 is 40.1 Å². The summed E-state index contributed by atoms with van der Waals surface area (Å²) in [7, 11) is 1.42. The Hall–Kier alpha value is -2.86. The van der Waals surface area contributed by atoms with Crippen molar-refractivity contribution >= 4 is 17.3 Å². The summed E-state index contributed by atoms with van der Waals surface area (Å²) in [6.07, 6.45) is 5.97. The molecular formula is C23H24FIN5O3-. The summed E-state index contributed by atoms with van der Waals surface area (Å²) < 4.78 is 29.3. The summed E-state index contributed by atoms with van der Waals surface area (Å²) in [4.78, 5) is 20.9. The molecule has 1 amide bonds. The van der Waals surface area contributed by atoms with Gasteiger partial charge < -0.3 is 0 Å². The van der Waals surface area contributed by atoms with Gasteiger partial charge in [0.05, 0.1) is 0 Å². The third-order valence-electron chi connectivity index (χ3n) is 5.59. The maximum atomic E-state index is 14.4. The number of H-pyrrole nitrogens is 1. The van der Waals surface area contributed by atoms with Crippen LogP contribution in [0.25, 0.3) is 11.3 Å². The van der Waals surface area contributed by atoms with Crippen LogP contribution in [-0.4, -0.2) is 40.2 Å². The van der Waals surface area contributed by atoms with Gasteiger partial charge in [-0.3, -0.25) is 0 Å². The molecule has 0 aliphatic carbocycles. The summed E-state index contributed by atoms with van der Waals surface area (Å²) >= 11 is -0.412. The fourth-order valence-electron chi connectivity index (χ4n) is 4.07. The van der Waals surface area contributed by atoms with Crippen molar-refractivity contribution in [2.24, 2.45) is 0 Å². The zero-order chi connectivity index (χ0) is 22.8. The van der Waals surface area contributed by atoms with Gasteiger partial charge in [-0.15, -0.1) is 0 Å². The van der Waals surface area contributed by atoms with Crippen LogP contribution in [0.15, 0.2) is 36.7 Å². The van der Waals surface area contributed by atoms with Crippen LogP contribution in [-0.2, 0) is 6.42 Å². The van der Waals surface area contributed by atoms with Gasteiger partial charge >= 0.3 is 202 Å². The molecule has 4 N–H and O–H groups in total. The summed E-state index contributed by atoms with van der Waals surface area (Å²) in [5.41, 5.74) is 3.84. The average Bonchev–Trinajstić information content (AvgIpc) is 3.16. The number of carbonyl (C=O) groups is 1. The number of ether oxygens (including phenoxy) is 2. The first kappa shape index (κ1) is 22.0. The van der Waals surface area contributed by atoms with E-state index in [1.165, 1.54) is 13.2 Å². The van der Waals surface area contributed by atoms with Gasteiger partial charge in [-0.25, -0.2) is 0 Å². The topological polar surface area (TPSA) is 100 Å². The van der Waals surface area contributed by atoms with E-state index in [1.807, 2.05) is 6.07 Å². The van der Waals surface area contributed by atoms with Gasteiger partial charge in [-0.1, -0.05) is 0 Å². The number of halogens is 2. The molecule has 0 unspecified atom stereocenters. The molecule has 10 heteroatoms. The van der Waals surface area contributed by atoms with Crippen LogP contribution in [0.4, 0.5) is 15.8 Å². The van der Waals surface area contributed by atoms with E-state index in [0.717, 1.165) is 30.6 Å². The zero-order valence-electron chi connectivity index (χ0n) is 18.0. The number of fused-ring (bicyclic) bond motifs is 4.